The summed E-state index contributed by atoms with van der Waals surface area (Å²) in [5.74, 6) is 2.95. The van der Waals surface area contributed by atoms with Crippen LogP contribution in [0.3, 0.4) is 0 Å². The second-order valence-electron chi connectivity index (χ2n) is 9.07. The minimum atomic E-state index is -0.361. The lowest BCUT2D eigenvalue weighted by atomic mass is 10.2. The Bertz CT molecular complexity index is 1750. The number of ether oxygens (including phenoxy) is 3. The monoisotopic (exact) mass is 546 g/mol. The third-order valence-electron chi connectivity index (χ3n) is 6.36. The Morgan fingerprint density at radius 3 is 2.33 bits per heavy atom. The van der Waals surface area contributed by atoms with Crippen molar-refractivity contribution in [1.82, 2.24) is 29.2 Å². The van der Waals surface area contributed by atoms with Gasteiger partial charge in [0.25, 0.3) is 11.4 Å². The Morgan fingerprint density at radius 2 is 1.62 bits per heavy atom. The molecule has 0 saturated carbocycles. The summed E-state index contributed by atoms with van der Waals surface area (Å²) in [6, 6.07) is 12.5. The number of aromatic nitrogens is 6. The van der Waals surface area contributed by atoms with Gasteiger partial charge in [0.05, 0.1) is 19.8 Å². The standard InChI is InChI=1S/C28H30N6O6/c1-5-13-33-25-23(27(35)34(14-6-2)28(33)36)30-24(31-25)17-7-9-18(10-8-17)39-16-22-29-26(40-32-22)20-12-11-19(37-3)15-21(20)38-4/h7-12,15H,5-6,13-14,16H2,1-4H3,(H,30,31). The normalized spacial score (nSPS) is 11.2. The van der Waals surface area contributed by atoms with Gasteiger partial charge in [-0.1, -0.05) is 19.0 Å². The molecular formula is C28H30N6O6. The summed E-state index contributed by atoms with van der Waals surface area (Å²) in [5, 5.41) is 4.00. The predicted octanol–water partition coefficient (Wildman–Crippen LogP) is 4.02. The van der Waals surface area contributed by atoms with E-state index < -0.39 is 0 Å². The van der Waals surface area contributed by atoms with Crippen LogP contribution in [0.25, 0.3) is 34.0 Å². The summed E-state index contributed by atoms with van der Waals surface area (Å²) >= 11 is 0. The Hall–Kier alpha value is -4.87. The number of rotatable bonds is 11. The van der Waals surface area contributed by atoms with Gasteiger partial charge in [0.15, 0.2) is 12.3 Å². The Morgan fingerprint density at radius 1 is 0.900 bits per heavy atom. The van der Waals surface area contributed by atoms with E-state index in [0.29, 0.717) is 71.0 Å². The molecule has 208 valence electrons. The highest BCUT2D eigenvalue weighted by Gasteiger charge is 2.18. The molecule has 3 heterocycles. The van der Waals surface area contributed by atoms with Crippen molar-refractivity contribution < 1.29 is 18.7 Å². The zero-order chi connectivity index (χ0) is 28.2. The number of nitrogens with zero attached hydrogens (tertiary/aromatic N) is 5. The third-order valence-corrected chi connectivity index (χ3v) is 6.36. The largest absolute Gasteiger partial charge is 0.497 e. The second kappa shape index (κ2) is 11.5. The van der Waals surface area contributed by atoms with Gasteiger partial charge >= 0.3 is 5.69 Å². The average molecular weight is 547 g/mol. The Labute approximate surface area is 229 Å². The molecule has 0 radical (unpaired) electrons. The van der Waals surface area contributed by atoms with Crippen molar-refractivity contribution in [1.29, 1.82) is 0 Å². The van der Waals surface area contributed by atoms with E-state index in [2.05, 4.69) is 20.1 Å². The molecule has 1 N–H and O–H groups in total. The Kier molecular flexibility index (Phi) is 7.67. The molecule has 5 aromatic rings. The highest BCUT2D eigenvalue weighted by Crippen LogP contribution is 2.32. The van der Waals surface area contributed by atoms with Crippen molar-refractivity contribution in [3.8, 4) is 40.1 Å². The molecule has 2 aromatic carbocycles. The number of hydrogen-bond acceptors (Lipinski definition) is 9. The maximum Gasteiger partial charge on any atom is 0.332 e. The molecule has 0 fully saturated rings. The predicted molar refractivity (Wildman–Crippen MR) is 148 cm³/mol. The smallest absolute Gasteiger partial charge is 0.332 e. The van der Waals surface area contributed by atoms with Crippen LogP contribution in [0, 0.1) is 0 Å². The van der Waals surface area contributed by atoms with Crippen LogP contribution in [-0.2, 0) is 19.7 Å². The molecule has 0 unspecified atom stereocenters. The first-order valence-corrected chi connectivity index (χ1v) is 13.0. The Balaban J connectivity index is 1.34. The number of aromatic amines is 1. The lowest BCUT2D eigenvalue weighted by Gasteiger charge is -2.09. The molecule has 0 atom stereocenters. The van der Waals surface area contributed by atoms with E-state index in [4.69, 9.17) is 18.7 Å². The molecule has 0 saturated heterocycles. The van der Waals surface area contributed by atoms with Gasteiger partial charge in [-0.15, -0.1) is 0 Å². The van der Waals surface area contributed by atoms with Crippen LogP contribution in [0.1, 0.15) is 32.5 Å². The maximum atomic E-state index is 13.0. The average Bonchev–Trinajstić information content (AvgIpc) is 3.64. The van der Waals surface area contributed by atoms with Crippen LogP contribution in [0.5, 0.6) is 17.2 Å². The lowest BCUT2D eigenvalue weighted by molar-refractivity contribution is 0.287. The van der Waals surface area contributed by atoms with Gasteiger partial charge in [0.2, 0.25) is 5.82 Å². The molecule has 3 aromatic heterocycles. The number of imidazole rings is 1. The number of H-pyrrole nitrogens is 1. The van der Waals surface area contributed by atoms with Gasteiger partial charge in [0, 0.05) is 24.7 Å². The summed E-state index contributed by atoms with van der Waals surface area (Å²) < 4.78 is 24.7. The molecule has 0 bridgehead atoms. The van der Waals surface area contributed by atoms with Crippen molar-refractivity contribution in [3.05, 3.63) is 69.1 Å². The van der Waals surface area contributed by atoms with E-state index in [1.54, 1.807) is 49.1 Å². The first kappa shape index (κ1) is 26.7. The fourth-order valence-corrected chi connectivity index (χ4v) is 4.40. The molecule has 12 heteroatoms. The SMILES string of the molecule is CCCn1c(=O)c2[nH]c(-c3ccc(OCc4noc(-c5ccc(OC)cc5OC)n4)cc3)nc2n(CCC)c1=O. The van der Waals surface area contributed by atoms with E-state index in [1.807, 2.05) is 26.0 Å². The molecule has 5 rings (SSSR count). The van der Waals surface area contributed by atoms with Crippen LogP contribution in [-0.4, -0.2) is 43.5 Å². The van der Waals surface area contributed by atoms with Gasteiger partial charge in [0.1, 0.15) is 28.6 Å². The minimum absolute atomic E-state index is 0.0895. The first-order valence-electron chi connectivity index (χ1n) is 13.0. The second-order valence-corrected chi connectivity index (χ2v) is 9.07. The highest BCUT2D eigenvalue weighted by atomic mass is 16.5. The van der Waals surface area contributed by atoms with Gasteiger partial charge in [-0.3, -0.25) is 13.9 Å². The van der Waals surface area contributed by atoms with Crippen LogP contribution >= 0.6 is 0 Å². The molecular weight excluding hydrogens is 516 g/mol. The summed E-state index contributed by atoms with van der Waals surface area (Å²) in [6.45, 7) is 4.82. The molecule has 0 aliphatic carbocycles. The first-order chi connectivity index (χ1) is 19.5. The number of hydrogen-bond donors (Lipinski definition) is 1. The van der Waals surface area contributed by atoms with E-state index in [1.165, 1.54) is 4.57 Å². The maximum absolute atomic E-state index is 13.0. The summed E-state index contributed by atoms with van der Waals surface area (Å²) in [5.41, 5.74) is 1.37. The van der Waals surface area contributed by atoms with Gasteiger partial charge in [-0.25, -0.2) is 9.78 Å². The lowest BCUT2D eigenvalue weighted by Crippen LogP contribution is -2.40. The molecule has 0 spiro atoms. The van der Waals surface area contributed by atoms with E-state index in [9.17, 15) is 9.59 Å². The van der Waals surface area contributed by atoms with E-state index in [0.717, 1.165) is 12.0 Å². The van der Waals surface area contributed by atoms with Crippen LogP contribution < -0.4 is 25.5 Å². The molecule has 0 aliphatic heterocycles. The number of fused-ring (bicyclic) bond motifs is 1. The zero-order valence-electron chi connectivity index (χ0n) is 22.8. The van der Waals surface area contributed by atoms with Gasteiger partial charge in [-0.05, 0) is 49.2 Å². The fraction of sp³-hybridized carbons (Fsp3) is 0.321. The molecule has 40 heavy (non-hydrogen) atoms. The van der Waals surface area contributed by atoms with Gasteiger partial charge < -0.3 is 23.7 Å². The van der Waals surface area contributed by atoms with E-state index >= 15 is 0 Å². The van der Waals surface area contributed by atoms with Crippen LogP contribution in [0.4, 0.5) is 0 Å². The van der Waals surface area contributed by atoms with Crippen LogP contribution in [0.15, 0.2) is 56.6 Å². The summed E-state index contributed by atoms with van der Waals surface area (Å²) in [6.07, 6.45) is 1.42. The quantitative estimate of drug-likeness (QED) is 0.260. The van der Waals surface area contributed by atoms with Crippen molar-refractivity contribution in [2.75, 3.05) is 14.2 Å². The minimum Gasteiger partial charge on any atom is -0.497 e. The molecule has 0 aliphatic rings. The van der Waals surface area contributed by atoms with Crippen molar-refractivity contribution >= 4 is 11.2 Å². The van der Waals surface area contributed by atoms with Gasteiger partial charge in [-0.2, -0.15) is 4.98 Å². The summed E-state index contributed by atoms with van der Waals surface area (Å²) in [7, 11) is 3.14. The number of methoxy groups -OCH3 is 2. The third kappa shape index (κ3) is 5.07. The van der Waals surface area contributed by atoms with Crippen molar-refractivity contribution in [2.24, 2.45) is 0 Å². The topological polar surface area (TPSA) is 139 Å². The molecule has 0 amide bonds. The number of benzene rings is 2. The number of nitrogens with one attached hydrogen (secondary N) is 1. The van der Waals surface area contributed by atoms with Crippen molar-refractivity contribution in [2.45, 2.75) is 46.4 Å². The number of aryl methyl sites for hydroxylation is 1. The summed E-state index contributed by atoms with van der Waals surface area (Å²) in [4.78, 5) is 38.1. The zero-order valence-corrected chi connectivity index (χ0v) is 22.8. The fourth-order valence-electron chi connectivity index (χ4n) is 4.40. The van der Waals surface area contributed by atoms with Crippen molar-refractivity contribution in [3.63, 3.8) is 0 Å². The van der Waals surface area contributed by atoms with Crippen LogP contribution in [0.2, 0.25) is 0 Å². The molecule has 12 nitrogen and oxygen atoms in total. The highest BCUT2D eigenvalue weighted by molar-refractivity contribution is 5.75. The van der Waals surface area contributed by atoms with E-state index in [-0.39, 0.29) is 17.9 Å².